The Bertz CT molecular complexity index is 1460. The molecule has 0 amide bonds. The molecule has 0 fully saturated rings. The molecular formula is C36H38O7. The molecule has 4 rings (SSSR count). The maximum Gasteiger partial charge on any atom is 0.305 e. The minimum absolute atomic E-state index is 0.0346. The van der Waals surface area contributed by atoms with Crippen LogP contribution in [0.4, 0.5) is 0 Å². The van der Waals surface area contributed by atoms with E-state index in [0.717, 1.165) is 22.4 Å². The molecule has 1 N–H and O–H groups in total. The Morgan fingerprint density at radius 3 is 1.74 bits per heavy atom. The first-order chi connectivity index (χ1) is 20.8. The van der Waals surface area contributed by atoms with Crippen molar-refractivity contribution in [2.45, 2.75) is 32.1 Å². The molecule has 1 unspecified atom stereocenters. The number of methoxy groups -OCH3 is 1. The zero-order valence-corrected chi connectivity index (χ0v) is 24.9. The number of rotatable bonds is 15. The summed E-state index contributed by atoms with van der Waals surface area (Å²) in [5, 5.41) is 8.80. The van der Waals surface area contributed by atoms with Crippen LogP contribution in [0.25, 0.3) is 0 Å². The van der Waals surface area contributed by atoms with Crippen LogP contribution in [0.5, 0.6) is 17.2 Å². The van der Waals surface area contributed by atoms with Gasteiger partial charge in [0.1, 0.15) is 23.9 Å². The van der Waals surface area contributed by atoms with Crippen LogP contribution < -0.4 is 9.47 Å². The number of aryl methyl sites for hydroxylation is 1. The van der Waals surface area contributed by atoms with Crippen LogP contribution >= 0.6 is 0 Å². The molecule has 0 aliphatic rings. The van der Waals surface area contributed by atoms with E-state index in [0.29, 0.717) is 29.0 Å². The lowest BCUT2D eigenvalue weighted by atomic mass is 9.73. The molecule has 0 heterocycles. The van der Waals surface area contributed by atoms with Crippen LogP contribution in [0, 0.1) is 6.92 Å². The van der Waals surface area contributed by atoms with E-state index >= 15 is 0 Å². The quantitative estimate of drug-likeness (QED) is 0.0952. The molecule has 0 saturated carbocycles. The molecule has 7 nitrogen and oxygen atoms in total. The fourth-order valence-electron chi connectivity index (χ4n) is 4.79. The first kappa shape index (κ1) is 31.5. The number of hydrogen-bond acceptors (Lipinski definition) is 7. The Kier molecular flexibility index (Phi) is 11.1. The minimum atomic E-state index is -0.491. The van der Waals surface area contributed by atoms with E-state index in [1.807, 2.05) is 79.7 Å². The maximum absolute atomic E-state index is 12.8. The standard InChI is InChI=1S/C36H38O7/c1-26-4-6-27(7-5-26)35(39)28-8-14-32(15-9-28)43-33-18-12-30(13-19-33)36(2,29-10-16-31(40-3)17-11-29)21-20-34(38)42-25-24-41-23-22-37/h4-19,37H,20-25H2,1-3H3. The highest BCUT2D eigenvalue weighted by Crippen LogP contribution is 2.38. The second kappa shape index (κ2) is 15.1. The van der Waals surface area contributed by atoms with E-state index in [-0.39, 0.29) is 44.6 Å². The van der Waals surface area contributed by atoms with E-state index < -0.39 is 5.41 Å². The molecular weight excluding hydrogens is 544 g/mol. The zero-order valence-electron chi connectivity index (χ0n) is 24.9. The number of hydrogen-bond donors (Lipinski definition) is 1. The fraction of sp³-hybridized carbons (Fsp3) is 0.278. The van der Waals surface area contributed by atoms with Gasteiger partial charge in [0, 0.05) is 23.0 Å². The number of carbonyl (C=O) groups excluding carboxylic acids is 2. The summed E-state index contributed by atoms with van der Waals surface area (Å²) in [5.41, 5.74) is 3.91. The number of ether oxygens (including phenoxy) is 4. The summed E-state index contributed by atoms with van der Waals surface area (Å²) in [6.07, 6.45) is 0.737. The molecule has 43 heavy (non-hydrogen) atoms. The number of carbonyl (C=O) groups is 2. The van der Waals surface area contributed by atoms with Crippen molar-refractivity contribution >= 4 is 11.8 Å². The summed E-state index contributed by atoms with van der Waals surface area (Å²) in [5.74, 6) is 1.69. The van der Waals surface area contributed by atoms with Crippen LogP contribution in [-0.4, -0.2) is 50.4 Å². The second-order valence-electron chi connectivity index (χ2n) is 10.5. The molecule has 0 aliphatic heterocycles. The first-order valence-electron chi connectivity index (χ1n) is 14.3. The Labute approximate surface area is 253 Å². The average Bonchev–Trinajstić information content (AvgIpc) is 3.04. The topological polar surface area (TPSA) is 91.3 Å². The third-order valence-corrected chi connectivity index (χ3v) is 7.44. The van der Waals surface area contributed by atoms with Crippen LogP contribution in [-0.2, 0) is 19.7 Å². The highest BCUT2D eigenvalue weighted by Gasteiger charge is 2.30. The largest absolute Gasteiger partial charge is 0.497 e. The predicted molar refractivity (Wildman–Crippen MR) is 165 cm³/mol. The Hall–Kier alpha value is -4.46. The van der Waals surface area contributed by atoms with Gasteiger partial charge < -0.3 is 24.1 Å². The lowest BCUT2D eigenvalue weighted by Crippen LogP contribution is -2.25. The van der Waals surface area contributed by atoms with Gasteiger partial charge in [-0.15, -0.1) is 0 Å². The molecule has 0 bridgehead atoms. The summed E-state index contributed by atoms with van der Waals surface area (Å²) in [6, 6.07) is 30.3. The van der Waals surface area contributed by atoms with Crippen molar-refractivity contribution in [3.8, 4) is 17.2 Å². The first-order valence-corrected chi connectivity index (χ1v) is 14.3. The molecule has 4 aromatic carbocycles. The lowest BCUT2D eigenvalue weighted by Gasteiger charge is -2.31. The molecule has 0 aliphatic carbocycles. The predicted octanol–water partition coefficient (Wildman–Crippen LogP) is 6.67. The van der Waals surface area contributed by atoms with Gasteiger partial charge in [-0.05, 0) is 73.0 Å². The maximum atomic E-state index is 12.8. The minimum Gasteiger partial charge on any atom is -0.497 e. The van der Waals surface area contributed by atoms with Crippen molar-refractivity contribution < 1.29 is 33.6 Å². The van der Waals surface area contributed by atoms with Crippen molar-refractivity contribution in [3.05, 3.63) is 125 Å². The SMILES string of the molecule is COc1ccc(C(C)(CCC(=O)OCCOCCO)c2ccc(Oc3ccc(C(=O)c4ccc(C)cc4)cc3)cc2)cc1. The van der Waals surface area contributed by atoms with Gasteiger partial charge in [0.15, 0.2) is 5.78 Å². The van der Waals surface area contributed by atoms with Crippen molar-refractivity contribution in [1.29, 1.82) is 0 Å². The van der Waals surface area contributed by atoms with Crippen molar-refractivity contribution in [2.75, 3.05) is 33.5 Å². The number of aliphatic hydroxyl groups excluding tert-OH is 1. The van der Waals surface area contributed by atoms with Crippen molar-refractivity contribution in [2.24, 2.45) is 0 Å². The van der Waals surface area contributed by atoms with Gasteiger partial charge in [-0.2, -0.15) is 0 Å². The highest BCUT2D eigenvalue weighted by atomic mass is 16.6. The molecule has 0 saturated heterocycles. The van der Waals surface area contributed by atoms with Crippen LogP contribution in [0.1, 0.15) is 52.4 Å². The second-order valence-corrected chi connectivity index (χ2v) is 10.5. The third-order valence-electron chi connectivity index (χ3n) is 7.44. The van der Waals surface area contributed by atoms with Gasteiger partial charge in [-0.3, -0.25) is 9.59 Å². The Morgan fingerprint density at radius 2 is 1.21 bits per heavy atom. The number of ketones is 1. The van der Waals surface area contributed by atoms with Gasteiger partial charge in [0.25, 0.3) is 0 Å². The molecule has 0 aromatic heterocycles. The number of benzene rings is 4. The Morgan fingerprint density at radius 1 is 0.698 bits per heavy atom. The average molecular weight is 583 g/mol. The molecule has 7 heteroatoms. The Balaban J connectivity index is 1.45. The van der Waals surface area contributed by atoms with E-state index in [9.17, 15) is 9.59 Å². The summed E-state index contributed by atoms with van der Waals surface area (Å²) < 4.78 is 21.9. The van der Waals surface area contributed by atoms with Gasteiger partial charge in [-0.25, -0.2) is 0 Å². The van der Waals surface area contributed by atoms with Gasteiger partial charge in [0.2, 0.25) is 0 Å². The van der Waals surface area contributed by atoms with Gasteiger partial charge in [0.05, 0.1) is 26.9 Å². The highest BCUT2D eigenvalue weighted by molar-refractivity contribution is 6.09. The summed E-state index contributed by atoms with van der Waals surface area (Å²) in [7, 11) is 1.63. The van der Waals surface area contributed by atoms with Crippen LogP contribution in [0.3, 0.4) is 0 Å². The van der Waals surface area contributed by atoms with Crippen LogP contribution in [0.2, 0.25) is 0 Å². The molecule has 224 valence electrons. The fourth-order valence-corrected chi connectivity index (χ4v) is 4.79. The van der Waals surface area contributed by atoms with E-state index in [4.69, 9.17) is 24.1 Å². The summed E-state index contributed by atoms with van der Waals surface area (Å²) >= 11 is 0. The van der Waals surface area contributed by atoms with E-state index in [2.05, 4.69) is 6.92 Å². The molecule has 0 spiro atoms. The third kappa shape index (κ3) is 8.53. The monoisotopic (exact) mass is 582 g/mol. The van der Waals surface area contributed by atoms with Gasteiger partial charge >= 0.3 is 5.97 Å². The lowest BCUT2D eigenvalue weighted by molar-refractivity contribution is -0.145. The van der Waals surface area contributed by atoms with Crippen LogP contribution in [0.15, 0.2) is 97.1 Å². The van der Waals surface area contributed by atoms with E-state index in [1.165, 1.54) is 0 Å². The zero-order chi connectivity index (χ0) is 30.7. The van der Waals surface area contributed by atoms with E-state index in [1.54, 1.807) is 31.4 Å². The number of esters is 1. The normalized spacial score (nSPS) is 12.3. The smallest absolute Gasteiger partial charge is 0.305 e. The van der Waals surface area contributed by atoms with Crippen molar-refractivity contribution in [3.63, 3.8) is 0 Å². The van der Waals surface area contributed by atoms with Crippen molar-refractivity contribution in [1.82, 2.24) is 0 Å². The molecule has 0 radical (unpaired) electrons. The summed E-state index contributed by atoms with van der Waals surface area (Å²) in [4.78, 5) is 25.3. The number of aliphatic hydroxyl groups is 1. The molecule has 4 aromatic rings. The molecule has 1 atom stereocenters. The van der Waals surface area contributed by atoms with Gasteiger partial charge in [-0.1, -0.05) is 61.0 Å². The summed E-state index contributed by atoms with van der Waals surface area (Å²) in [6.45, 7) is 4.63.